The Kier molecular flexibility index (Phi) is 7.92. The molecule has 1 aromatic carbocycles. The molecule has 1 saturated carbocycles. The van der Waals surface area contributed by atoms with Gasteiger partial charge in [-0.2, -0.15) is 0 Å². The number of carbonyl (C=O) groups is 2. The summed E-state index contributed by atoms with van der Waals surface area (Å²) in [6, 6.07) is 7.54. The van der Waals surface area contributed by atoms with Crippen LogP contribution in [0.3, 0.4) is 0 Å². The normalized spacial score (nSPS) is 23.7. The molecule has 2 amide bonds. The molecule has 1 aromatic rings. The van der Waals surface area contributed by atoms with Crippen molar-refractivity contribution < 1.29 is 14.3 Å². The maximum atomic E-state index is 12.9. The standard InChI is InChI=1S/C20H29N3O3.ClH/c1-3-23(13-19(24)21-15-8-6-9-16(12-15)26-2)20(25)18-11-14-7-4-5-10-17(14)22-18;/h6,8-9,12,14,17-18,22H,3-5,7,10-11,13H2,1-2H3,(H,21,24);1H. The molecule has 27 heavy (non-hydrogen) atoms. The monoisotopic (exact) mass is 395 g/mol. The fourth-order valence-corrected chi connectivity index (χ4v) is 4.15. The molecule has 1 aliphatic carbocycles. The highest BCUT2D eigenvalue weighted by Gasteiger charge is 2.39. The molecule has 0 aromatic heterocycles. The lowest BCUT2D eigenvalue weighted by molar-refractivity contribution is -0.136. The summed E-state index contributed by atoms with van der Waals surface area (Å²) in [6.45, 7) is 2.51. The minimum Gasteiger partial charge on any atom is -0.497 e. The second-order valence-corrected chi connectivity index (χ2v) is 7.24. The summed E-state index contributed by atoms with van der Waals surface area (Å²) >= 11 is 0. The van der Waals surface area contributed by atoms with Gasteiger partial charge in [-0.25, -0.2) is 0 Å². The molecule has 0 radical (unpaired) electrons. The number of benzene rings is 1. The number of rotatable bonds is 6. The average molecular weight is 396 g/mol. The molecular formula is C20H30ClN3O3. The zero-order valence-electron chi connectivity index (χ0n) is 16.1. The number of methoxy groups -OCH3 is 1. The Balaban J connectivity index is 0.00000261. The van der Waals surface area contributed by atoms with E-state index in [-0.39, 0.29) is 36.8 Å². The number of halogens is 1. The minimum absolute atomic E-state index is 0. The predicted octanol–water partition coefficient (Wildman–Crippen LogP) is 2.82. The van der Waals surface area contributed by atoms with Crippen molar-refractivity contribution in [3.63, 3.8) is 0 Å². The smallest absolute Gasteiger partial charge is 0.243 e. The summed E-state index contributed by atoms with van der Waals surface area (Å²) in [7, 11) is 1.59. The van der Waals surface area contributed by atoms with E-state index in [9.17, 15) is 9.59 Å². The number of hydrogen-bond acceptors (Lipinski definition) is 4. The van der Waals surface area contributed by atoms with Crippen LogP contribution in [-0.4, -0.2) is 49.0 Å². The van der Waals surface area contributed by atoms with Gasteiger partial charge in [0.15, 0.2) is 0 Å². The molecule has 3 unspecified atom stereocenters. The first kappa shape index (κ1) is 21.5. The van der Waals surface area contributed by atoms with E-state index in [1.54, 1.807) is 18.1 Å². The topological polar surface area (TPSA) is 70.7 Å². The molecule has 2 aliphatic rings. The Morgan fingerprint density at radius 2 is 2.07 bits per heavy atom. The van der Waals surface area contributed by atoms with E-state index in [2.05, 4.69) is 10.6 Å². The molecule has 150 valence electrons. The van der Waals surface area contributed by atoms with E-state index in [0.717, 1.165) is 12.8 Å². The SMILES string of the molecule is CCN(CC(=O)Nc1cccc(OC)c1)C(=O)C1CC2CCCCC2N1.Cl. The highest BCUT2D eigenvalue weighted by Crippen LogP contribution is 2.33. The second-order valence-electron chi connectivity index (χ2n) is 7.24. The molecule has 1 aliphatic heterocycles. The second kappa shape index (κ2) is 9.95. The van der Waals surface area contributed by atoms with Crippen LogP contribution in [0.5, 0.6) is 5.75 Å². The zero-order valence-corrected chi connectivity index (χ0v) is 16.9. The first-order chi connectivity index (χ1) is 12.6. The van der Waals surface area contributed by atoms with Gasteiger partial charge >= 0.3 is 0 Å². The molecule has 0 bridgehead atoms. The van der Waals surface area contributed by atoms with Crippen LogP contribution in [-0.2, 0) is 9.59 Å². The van der Waals surface area contributed by atoms with Gasteiger partial charge < -0.3 is 20.3 Å². The van der Waals surface area contributed by atoms with Crippen LogP contribution in [0.15, 0.2) is 24.3 Å². The van der Waals surface area contributed by atoms with Crippen molar-refractivity contribution in [2.24, 2.45) is 5.92 Å². The number of ether oxygens (including phenoxy) is 1. The van der Waals surface area contributed by atoms with Gasteiger partial charge in [0.05, 0.1) is 19.7 Å². The molecule has 2 fully saturated rings. The summed E-state index contributed by atoms with van der Waals surface area (Å²) in [6.07, 6.45) is 5.79. The van der Waals surface area contributed by atoms with Crippen LogP contribution in [0.4, 0.5) is 5.69 Å². The van der Waals surface area contributed by atoms with E-state index in [0.29, 0.717) is 29.9 Å². The number of anilines is 1. The first-order valence-corrected chi connectivity index (χ1v) is 9.59. The highest BCUT2D eigenvalue weighted by molar-refractivity contribution is 5.95. The lowest BCUT2D eigenvalue weighted by Crippen LogP contribution is -2.47. The van der Waals surface area contributed by atoms with Crippen LogP contribution in [0.2, 0.25) is 0 Å². The van der Waals surface area contributed by atoms with Crippen molar-refractivity contribution in [2.75, 3.05) is 25.5 Å². The van der Waals surface area contributed by atoms with E-state index >= 15 is 0 Å². The number of carbonyl (C=O) groups excluding carboxylic acids is 2. The molecule has 6 nitrogen and oxygen atoms in total. The number of amides is 2. The minimum atomic E-state index is -0.191. The Bertz CT molecular complexity index is 641. The summed E-state index contributed by atoms with van der Waals surface area (Å²) in [5.74, 6) is 1.15. The third-order valence-corrected chi connectivity index (χ3v) is 5.54. The summed E-state index contributed by atoms with van der Waals surface area (Å²) in [5, 5.41) is 6.35. The summed E-state index contributed by atoms with van der Waals surface area (Å²) < 4.78 is 5.17. The average Bonchev–Trinajstić information content (AvgIpc) is 3.10. The lowest BCUT2D eigenvalue weighted by atomic mass is 9.85. The van der Waals surface area contributed by atoms with Gasteiger partial charge in [0.2, 0.25) is 11.8 Å². The summed E-state index contributed by atoms with van der Waals surface area (Å²) in [4.78, 5) is 26.9. The molecule has 1 heterocycles. The van der Waals surface area contributed by atoms with Crippen molar-refractivity contribution in [3.8, 4) is 5.75 Å². The number of nitrogens with one attached hydrogen (secondary N) is 2. The Morgan fingerprint density at radius 3 is 2.78 bits per heavy atom. The maximum Gasteiger partial charge on any atom is 0.243 e. The Hall–Kier alpha value is -1.79. The fourth-order valence-electron chi connectivity index (χ4n) is 4.15. The van der Waals surface area contributed by atoms with Gasteiger partial charge in [-0.1, -0.05) is 18.9 Å². The third kappa shape index (κ3) is 5.36. The molecule has 0 spiro atoms. The van der Waals surface area contributed by atoms with Crippen LogP contribution in [0.25, 0.3) is 0 Å². The van der Waals surface area contributed by atoms with Gasteiger partial charge in [-0.15, -0.1) is 12.4 Å². The lowest BCUT2D eigenvalue weighted by Gasteiger charge is -2.25. The van der Waals surface area contributed by atoms with Crippen molar-refractivity contribution in [3.05, 3.63) is 24.3 Å². The molecular weight excluding hydrogens is 366 g/mol. The van der Waals surface area contributed by atoms with E-state index < -0.39 is 0 Å². The van der Waals surface area contributed by atoms with Crippen LogP contribution in [0, 0.1) is 5.92 Å². The van der Waals surface area contributed by atoms with Crippen molar-refractivity contribution in [2.45, 2.75) is 51.1 Å². The fraction of sp³-hybridized carbons (Fsp3) is 0.600. The van der Waals surface area contributed by atoms with Crippen LogP contribution < -0.4 is 15.4 Å². The molecule has 3 rings (SSSR count). The highest BCUT2D eigenvalue weighted by atomic mass is 35.5. The first-order valence-electron chi connectivity index (χ1n) is 9.59. The molecule has 1 saturated heterocycles. The van der Waals surface area contributed by atoms with Crippen LogP contribution >= 0.6 is 12.4 Å². The van der Waals surface area contributed by atoms with Crippen LogP contribution in [0.1, 0.15) is 39.0 Å². The van der Waals surface area contributed by atoms with Gasteiger partial charge in [-0.05, 0) is 44.2 Å². The number of likely N-dealkylation sites (N-methyl/N-ethyl adjacent to an activating group) is 1. The third-order valence-electron chi connectivity index (χ3n) is 5.54. The van der Waals surface area contributed by atoms with Crippen molar-refractivity contribution >= 4 is 29.9 Å². The summed E-state index contributed by atoms with van der Waals surface area (Å²) in [5.41, 5.74) is 0.669. The zero-order chi connectivity index (χ0) is 18.5. The van der Waals surface area contributed by atoms with E-state index in [1.807, 2.05) is 25.1 Å². The predicted molar refractivity (Wildman–Crippen MR) is 108 cm³/mol. The molecule has 7 heteroatoms. The van der Waals surface area contributed by atoms with Crippen molar-refractivity contribution in [1.82, 2.24) is 10.2 Å². The number of nitrogens with zero attached hydrogens (tertiary/aromatic N) is 1. The molecule has 2 N–H and O–H groups in total. The van der Waals surface area contributed by atoms with Gasteiger partial charge in [0.1, 0.15) is 5.75 Å². The van der Waals surface area contributed by atoms with Gasteiger partial charge in [0, 0.05) is 24.3 Å². The Labute approximate surface area is 167 Å². The largest absolute Gasteiger partial charge is 0.497 e. The van der Waals surface area contributed by atoms with Gasteiger partial charge in [0.25, 0.3) is 0 Å². The van der Waals surface area contributed by atoms with Crippen molar-refractivity contribution in [1.29, 1.82) is 0 Å². The Morgan fingerprint density at radius 1 is 1.30 bits per heavy atom. The van der Waals surface area contributed by atoms with E-state index in [4.69, 9.17) is 4.74 Å². The van der Waals surface area contributed by atoms with E-state index in [1.165, 1.54) is 19.3 Å². The molecule has 3 atom stereocenters. The number of hydrogen-bond donors (Lipinski definition) is 2. The maximum absolute atomic E-state index is 12.9. The van der Waals surface area contributed by atoms with Gasteiger partial charge in [-0.3, -0.25) is 9.59 Å². The quantitative estimate of drug-likeness (QED) is 0.777. The number of fused-ring (bicyclic) bond motifs is 1.